The number of rotatable bonds is 3. The highest BCUT2D eigenvalue weighted by molar-refractivity contribution is 14.1. The second kappa shape index (κ2) is 5.02. The van der Waals surface area contributed by atoms with Crippen molar-refractivity contribution >= 4 is 34.1 Å². The molecule has 19 heavy (non-hydrogen) atoms. The van der Waals surface area contributed by atoms with E-state index in [2.05, 4.69) is 38.0 Å². The van der Waals surface area contributed by atoms with E-state index in [1.165, 1.54) is 0 Å². The Labute approximate surface area is 122 Å². The first-order chi connectivity index (χ1) is 9.26. The molecule has 2 aromatic heterocycles. The molecule has 3 aromatic rings. The van der Waals surface area contributed by atoms with E-state index < -0.39 is 0 Å². The highest BCUT2D eigenvalue weighted by atomic mass is 127. The van der Waals surface area contributed by atoms with E-state index in [0.29, 0.717) is 23.1 Å². The molecule has 0 spiro atoms. The van der Waals surface area contributed by atoms with Gasteiger partial charge in [0.25, 0.3) is 5.88 Å². The summed E-state index contributed by atoms with van der Waals surface area (Å²) in [7, 11) is 0. The first-order valence-electron chi connectivity index (χ1n) is 5.50. The molecule has 0 aliphatic heterocycles. The molecule has 96 valence electrons. The molecule has 0 unspecified atom stereocenters. The standard InChI is InChI=1S/C12H10IN5O/c13-8-1-3-9(4-2-8)19-12-11-15-5-6-18(11)7-10(16-12)17-14/h1-7,17H,14H2. The van der Waals surface area contributed by atoms with Gasteiger partial charge in [-0.25, -0.2) is 10.8 Å². The van der Waals surface area contributed by atoms with Crippen LogP contribution < -0.4 is 16.0 Å². The number of aromatic nitrogens is 3. The summed E-state index contributed by atoms with van der Waals surface area (Å²) in [6.07, 6.45) is 5.22. The molecule has 6 nitrogen and oxygen atoms in total. The van der Waals surface area contributed by atoms with E-state index in [1.807, 2.05) is 24.3 Å². The predicted molar refractivity (Wildman–Crippen MR) is 80.0 cm³/mol. The Morgan fingerprint density at radius 1 is 1.26 bits per heavy atom. The van der Waals surface area contributed by atoms with Crippen molar-refractivity contribution in [3.8, 4) is 11.6 Å². The van der Waals surface area contributed by atoms with Gasteiger partial charge in [-0.2, -0.15) is 4.98 Å². The van der Waals surface area contributed by atoms with E-state index in [0.717, 1.165) is 3.57 Å². The summed E-state index contributed by atoms with van der Waals surface area (Å²) in [4.78, 5) is 8.48. The second-order valence-corrected chi connectivity index (χ2v) is 5.04. The van der Waals surface area contributed by atoms with Gasteiger partial charge in [-0.05, 0) is 46.9 Å². The van der Waals surface area contributed by atoms with Crippen LogP contribution in [0, 0.1) is 3.57 Å². The third-order valence-corrected chi connectivity index (χ3v) is 3.24. The third-order valence-electron chi connectivity index (χ3n) is 2.52. The molecule has 3 N–H and O–H groups in total. The molecule has 7 heteroatoms. The number of halogens is 1. The number of hydrazine groups is 1. The van der Waals surface area contributed by atoms with Crippen molar-refractivity contribution in [1.29, 1.82) is 0 Å². The SMILES string of the molecule is NNc1cn2ccnc2c(Oc2ccc(I)cc2)n1. The van der Waals surface area contributed by atoms with Gasteiger partial charge in [0.15, 0.2) is 5.82 Å². The fourth-order valence-electron chi connectivity index (χ4n) is 1.66. The summed E-state index contributed by atoms with van der Waals surface area (Å²) < 4.78 is 8.69. The van der Waals surface area contributed by atoms with Crippen LogP contribution in [0.4, 0.5) is 5.82 Å². The van der Waals surface area contributed by atoms with Gasteiger partial charge in [0.2, 0.25) is 5.65 Å². The molecule has 1 aromatic carbocycles. The molecule has 0 aliphatic rings. The van der Waals surface area contributed by atoms with Crippen LogP contribution in [0.15, 0.2) is 42.9 Å². The number of nitrogen functional groups attached to an aromatic ring is 1. The van der Waals surface area contributed by atoms with Crippen LogP contribution in [0.5, 0.6) is 11.6 Å². The topological polar surface area (TPSA) is 77.5 Å². The lowest BCUT2D eigenvalue weighted by Gasteiger charge is -2.08. The summed E-state index contributed by atoms with van der Waals surface area (Å²) in [5.41, 5.74) is 3.14. The minimum Gasteiger partial charge on any atom is -0.436 e. The zero-order chi connectivity index (χ0) is 13.2. The molecule has 0 radical (unpaired) electrons. The van der Waals surface area contributed by atoms with Crippen molar-refractivity contribution < 1.29 is 4.74 Å². The van der Waals surface area contributed by atoms with E-state index >= 15 is 0 Å². The minimum absolute atomic E-state index is 0.404. The lowest BCUT2D eigenvalue weighted by molar-refractivity contribution is 0.465. The molecule has 0 fully saturated rings. The summed E-state index contributed by atoms with van der Waals surface area (Å²) in [5.74, 6) is 7.00. The average molecular weight is 367 g/mol. The largest absolute Gasteiger partial charge is 0.436 e. The van der Waals surface area contributed by atoms with Crippen molar-refractivity contribution in [2.45, 2.75) is 0 Å². The van der Waals surface area contributed by atoms with Crippen LogP contribution in [-0.2, 0) is 0 Å². The Morgan fingerprint density at radius 2 is 2.05 bits per heavy atom. The number of hydrogen-bond acceptors (Lipinski definition) is 5. The minimum atomic E-state index is 0.404. The summed E-state index contributed by atoms with van der Waals surface area (Å²) in [6.45, 7) is 0. The molecule has 3 rings (SSSR count). The number of anilines is 1. The molecule has 0 saturated carbocycles. The number of fused-ring (bicyclic) bond motifs is 1. The second-order valence-electron chi connectivity index (χ2n) is 3.79. The van der Waals surface area contributed by atoms with Crippen LogP contribution in [0.25, 0.3) is 5.65 Å². The van der Waals surface area contributed by atoms with Crippen molar-refractivity contribution in [2.75, 3.05) is 5.43 Å². The fourth-order valence-corrected chi connectivity index (χ4v) is 2.01. The smallest absolute Gasteiger partial charge is 0.265 e. The normalized spacial score (nSPS) is 10.6. The maximum Gasteiger partial charge on any atom is 0.265 e. The fraction of sp³-hybridized carbons (Fsp3) is 0. The van der Waals surface area contributed by atoms with Crippen LogP contribution in [-0.4, -0.2) is 14.4 Å². The number of nitrogens with two attached hydrogens (primary N) is 1. The number of nitrogens with zero attached hydrogens (tertiary/aromatic N) is 3. The molecule has 2 heterocycles. The van der Waals surface area contributed by atoms with Gasteiger partial charge in [0.05, 0.1) is 6.20 Å². The van der Waals surface area contributed by atoms with E-state index in [9.17, 15) is 0 Å². The van der Waals surface area contributed by atoms with Gasteiger partial charge in [-0.3, -0.25) is 4.40 Å². The van der Waals surface area contributed by atoms with E-state index in [4.69, 9.17) is 10.6 Å². The van der Waals surface area contributed by atoms with Crippen molar-refractivity contribution in [3.63, 3.8) is 0 Å². The molecule has 0 aliphatic carbocycles. The average Bonchev–Trinajstić information content (AvgIpc) is 2.89. The summed E-state index contributed by atoms with van der Waals surface area (Å²) in [6, 6.07) is 7.68. The Bertz CT molecular complexity index is 710. The maximum atomic E-state index is 5.75. The Balaban J connectivity index is 2.03. The number of nitrogens with one attached hydrogen (secondary N) is 1. The molecule has 0 atom stereocenters. The highest BCUT2D eigenvalue weighted by Crippen LogP contribution is 2.25. The number of benzene rings is 1. The third kappa shape index (κ3) is 2.47. The quantitative estimate of drug-likeness (QED) is 0.422. The summed E-state index contributed by atoms with van der Waals surface area (Å²) in [5, 5.41) is 0. The first-order valence-corrected chi connectivity index (χ1v) is 6.58. The van der Waals surface area contributed by atoms with Gasteiger partial charge in [0, 0.05) is 16.0 Å². The van der Waals surface area contributed by atoms with Crippen molar-refractivity contribution in [2.24, 2.45) is 5.84 Å². The van der Waals surface area contributed by atoms with E-state index in [1.54, 1.807) is 23.0 Å². The molecule has 0 amide bonds. The van der Waals surface area contributed by atoms with Gasteiger partial charge in [0.1, 0.15) is 5.75 Å². The highest BCUT2D eigenvalue weighted by Gasteiger charge is 2.09. The van der Waals surface area contributed by atoms with Crippen molar-refractivity contribution in [1.82, 2.24) is 14.4 Å². The first kappa shape index (κ1) is 12.2. The number of hydrogen-bond donors (Lipinski definition) is 2. The summed E-state index contributed by atoms with van der Waals surface area (Å²) >= 11 is 2.24. The Morgan fingerprint density at radius 3 is 2.79 bits per heavy atom. The zero-order valence-electron chi connectivity index (χ0n) is 9.75. The van der Waals surface area contributed by atoms with Crippen LogP contribution in [0.2, 0.25) is 0 Å². The monoisotopic (exact) mass is 367 g/mol. The van der Waals surface area contributed by atoms with Gasteiger partial charge in [-0.15, -0.1) is 0 Å². The molecule has 0 saturated heterocycles. The van der Waals surface area contributed by atoms with Crippen molar-refractivity contribution in [3.05, 3.63) is 46.4 Å². The number of ether oxygens (including phenoxy) is 1. The molecular weight excluding hydrogens is 357 g/mol. The lowest BCUT2D eigenvalue weighted by atomic mass is 10.3. The van der Waals surface area contributed by atoms with Gasteiger partial charge in [-0.1, -0.05) is 0 Å². The molecule has 0 bridgehead atoms. The molecular formula is C12H10IN5O. The van der Waals surface area contributed by atoms with Gasteiger partial charge >= 0.3 is 0 Å². The zero-order valence-corrected chi connectivity index (χ0v) is 11.9. The van der Waals surface area contributed by atoms with E-state index in [-0.39, 0.29) is 0 Å². The van der Waals surface area contributed by atoms with Crippen LogP contribution in [0.3, 0.4) is 0 Å². The Kier molecular flexibility index (Phi) is 3.22. The van der Waals surface area contributed by atoms with Crippen LogP contribution in [0.1, 0.15) is 0 Å². The number of imidazole rings is 1. The lowest BCUT2D eigenvalue weighted by Crippen LogP contribution is -2.10. The maximum absolute atomic E-state index is 5.75. The predicted octanol–water partition coefficient (Wildman–Crippen LogP) is 2.41. The van der Waals surface area contributed by atoms with Crippen LogP contribution >= 0.6 is 22.6 Å². The van der Waals surface area contributed by atoms with Gasteiger partial charge < -0.3 is 10.2 Å². The Hall–Kier alpha value is -1.87.